The van der Waals surface area contributed by atoms with E-state index in [1.165, 1.54) is 4.90 Å². The van der Waals surface area contributed by atoms with E-state index < -0.39 is 29.7 Å². The number of nitrogens with zero attached hydrogens (tertiary/aromatic N) is 1. The summed E-state index contributed by atoms with van der Waals surface area (Å²) in [5, 5.41) is 5.15. The lowest BCUT2D eigenvalue weighted by molar-refractivity contribution is -0.156. The van der Waals surface area contributed by atoms with Crippen LogP contribution in [-0.4, -0.2) is 42.9 Å². The van der Waals surface area contributed by atoms with Crippen molar-refractivity contribution in [2.45, 2.75) is 39.3 Å². The maximum Gasteiger partial charge on any atom is 0.414 e. The van der Waals surface area contributed by atoms with E-state index >= 15 is 0 Å². The molecule has 8 heteroatoms. The second-order valence-corrected chi connectivity index (χ2v) is 6.67. The van der Waals surface area contributed by atoms with Crippen molar-refractivity contribution in [3.63, 3.8) is 0 Å². The zero-order valence-corrected chi connectivity index (χ0v) is 14.8. The van der Waals surface area contributed by atoms with Gasteiger partial charge >= 0.3 is 18.1 Å². The molecule has 1 fully saturated rings. The molecule has 2 N–H and O–H groups in total. The number of carbonyl (C=O) groups is 3. The lowest BCUT2D eigenvalue weighted by Crippen LogP contribution is -2.44. The first-order valence-corrected chi connectivity index (χ1v) is 8.00. The topological polar surface area (TPSA) is 97.0 Å². The van der Waals surface area contributed by atoms with Gasteiger partial charge in [-0.3, -0.25) is 4.90 Å². The summed E-state index contributed by atoms with van der Waals surface area (Å²) >= 11 is 0. The van der Waals surface area contributed by atoms with Gasteiger partial charge in [-0.2, -0.15) is 0 Å². The van der Waals surface area contributed by atoms with E-state index in [0.717, 1.165) is 0 Å². The zero-order chi connectivity index (χ0) is 18.6. The molecule has 0 aromatic heterocycles. The molecule has 2 rings (SSSR count). The van der Waals surface area contributed by atoms with Crippen molar-refractivity contribution in [1.82, 2.24) is 5.32 Å². The van der Waals surface area contributed by atoms with Gasteiger partial charge in [-0.25, -0.2) is 14.4 Å². The molecule has 1 aromatic carbocycles. The molecule has 3 amide bonds. The number of benzene rings is 1. The Morgan fingerprint density at radius 2 is 2.04 bits per heavy atom. The molecule has 0 saturated carbocycles. The van der Waals surface area contributed by atoms with E-state index in [-0.39, 0.29) is 0 Å². The third-order valence-electron chi connectivity index (χ3n) is 3.28. The molecule has 0 radical (unpaired) electrons. The number of nitrogens with one attached hydrogen (secondary N) is 2. The molecule has 0 unspecified atom stereocenters. The summed E-state index contributed by atoms with van der Waals surface area (Å²) in [6.07, 6.45) is -0.417. The molecule has 1 saturated heterocycles. The van der Waals surface area contributed by atoms with E-state index in [1.54, 1.807) is 52.0 Å². The van der Waals surface area contributed by atoms with Gasteiger partial charge in [-0.05, 0) is 45.9 Å². The van der Waals surface area contributed by atoms with Crippen molar-refractivity contribution in [1.29, 1.82) is 0 Å². The van der Waals surface area contributed by atoms with Crippen LogP contribution in [0.1, 0.15) is 27.7 Å². The van der Waals surface area contributed by atoms with E-state index in [0.29, 0.717) is 24.5 Å². The fourth-order valence-electron chi connectivity index (χ4n) is 2.19. The van der Waals surface area contributed by atoms with Crippen LogP contribution in [0.4, 0.5) is 21.0 Å². The average molecular weight is 349 g/mol. The molecule has 136 valence electrons. The van der Waals surface area contributed by atoms with Crippen LogP contribution in [0, 0.1) is 0 Å². The largest absolute Gasteiger partial charge is 0.458 e. The number of carbonyl (C=O) groups excluding carboxylic acids is 3. The monoisotopic (exact) mass is 349 g/mol. The number of hydrogen-bond donors (Lipinski definition) is 2. The second kappa shape index (κ2) is 7.42. The Hall–Kier alpha value is -2.77. The zero-order valence-electron chi connectivity index (χ0n) is 14.8. The van der Waals surface area contributed by atoms with Crippen molar-refractivity contribution in [3.05, 3.63) is 24.3 Å². The Balaban J connectivity index is 1.94. The number of ether oxygens (including phenoxy) is 2. The Kier molecular flexibility index (Phi) is 5.51. The van der Waals surface area contributed by atoms with Crippen molar-refractivity contribution in [3.8, 4) is 0 Å². The number of esters is 1. The van der Waals surface area contributed by atoms with E-state index in [4.69, 9.17) is 9.47 Å². The number of amides is 3. The number of rotatable bonds is 4. The van der Waals surface area contributed by atoms with Gasteiger partial charge in [0.05, 0.1) is 6.54 Å². The predicted molar refractivity (Wildman–Crippen MR) is 92.6 cm³/mol. The van der Waals surface area contributed by atoms with Crippen LogP contribution in [0.5, 0.6) is 0 Å². The first kappa shape index (κ1) is 18.6. The fourth-order valence-corrected chi connectivity index (χ4v) is 2.19. The lowest BCUT2D eigenvalue weighted by atomic mass is 10.2. The number of hydrogen-bond acceptors (Lipinski definition) is 5. The fraction of sp³-hybridized carbons (Fsp3) is 0.471. The Labute approximate surface area is 146 Å². The van der Waals surface area contributed by atoms with E-state index in [2.05, 4.69) is 10.6 Å². The van der Waals surface area contributed by atoms with Gasteiger partial charge in [0, 0.05) is 11.4 Å². The summed E-state index contributed by atoms with van der Waals surface area (Å²) in [5.41, 5.74) is 0.494. The first-order valence-electron chi connectivity index (χ1n) is 8.00. The minimum atomic E-state index is -0.795. The summed E-state index contributed by atoms with van der Waals surface area (Å²) in [4.78, 5) is 37.0. The normalized spacial score (nSPS) is 15.4. The van der Waals surface area contributed by atoms with Crippen molar-refractivity contribution < 1.29 is 23.9 Å². The SMILES string of the molecule is C[C@@H](NC(=O)Nc1cccc(N2CCOC2=O)c1)C(=O)OC(C)(C)C. The number of cyclic esters (lactones) is 1. The maximum atomic E-state index is 12.1. The van der Waals surface area contributed by atoms with Crippen molar-refractivity contribution >= 4 is 29.5 Å². The molecule has 0 aliphatic carbocycles. The van der Waals surface area contributed by atoms with Crippen LogP contribution < -0.4 is 15.5 Å². The predicted octanol–water partition coefficient (Wildman–Crippen LogP) is 2.49. The van der Waals surface area contributed by atoms with Crippen LogP contribution in [0.3, 0.4) is 0 Å². The van der Waals surface area contributed by atoms with Crippen molar-refractivity contribution in [2.24, 2.45) is 0 Å². The highest BCUT2D eigenvalue weighted by Gasteiger charge is 2.25. The quantitative estimate of drug-likeness (QED) is 0.814. The van der Waals surface area contributed by atoms with Gasteiger partial charge in [0.2, 0.25) is 0 Å². The molecule has 1 heterocycles. The molecule has 1 atom stereocenters. The minimum Gasteiger partial charge on any atom is -0.458 e. The van der Waals surface area contributed by atoms with Gasteiger partial charge < -0.3 is 20.1 Å². The second-order valence-electron chi connectivity index (χ2n) is 6.67. The standard InChI is InChI=1S/C17H23N3O5/c1-11(14(21)25-17(2,3)4)18-15(22)19-12-6-5-7-13(10-12)20-8-9-24-16(20)23/h5-7,10-11H,8-9H2,1-4H3,(H2,18,19,22)/t11-/m1/s1. The smallest absolute Gasteiger partial charge is 0.414 e. The molecular weight excluding hydrogens is 326 g/mol. The van der Waals surface area contributed by atoms with Gasteiger partial charge in [-0.15, -0.1) is 0 Å². The van der Waals surface area contributed by atoms with Crippen LogP contribution in [0.25, 0.3) is 0 Å². The summed E-state index contributed by atoms with van der Waals surface area (Å²) in [6, 6.07) is 5.47. The molecular formula is C17H23N3O5. The number of anilines is 2. The van der Waals surface area contributed by atoms with Crippen molar-refractivity contribution in [2.75, 3.05) is 23.4 Å². The van der Waals surface area contributed by atoms with Gasteiger partial charge in [-0.1, -0.05) is 6.07 Å². The highest BCUT2D eigenvalue weighted by molar-refractivity contribution is 5.94. The highest BCUT2D eigenvalue weighted by Crippen LogP contribution is 2.22. The highest BCUT2D eigenvalue weighted by atomic mass is 16.6. The van der Waals surface area contributed by atoms with Gasteiger partial charge in [0.25, 0.3) is 0 Å². The summed E-state index contributed by atoms with van der Waals surface area (Å²) in [6.45, 7) is 7.62. The number of urea groups is 1. The van der Waals surface area contributed by atoms with Gasteiger partial charge in [0.1, 0.15) is 18.2 Å². The third kappa shape index (κ3) is 5.37. The van der Waals surface area contributed by atoms with Gasteiger partial charge in [0.15, 0.2) is 0 Å². The summed E-state index contributed by atoms with van der Waals surface area (Å²) in [7, 11) is 0. The van der Waals surface area contributed by atoms with E-state index in [9.17, 15) is 14.4 Å². The Morgan fingerprint density at radius 3 is 2.64 bits per heavy atom. The molecule has 25 heavy (non-hydrogen) atoms. The van der Waals surface area contributed by atoms with Crippen LogP contribution >= 0.6 is 0 Å². The molecule has 8 nitrogen and oxygen atoms in total. The van der Waals surface area contributed by atoms with E-state index in [1.807, 2.05) is 0 Å². The molecule has 1 aliphatic heterocycles. The third-order valence-corrected chi connectivity index (χ3v) is 3.28. The summed E-state index contributed by atoms with van der Waals surface area (Å²) < 4.78 is 10.1. The van der Waals surface area contributed by atoms with Crippen LogP contribution in [0.15, 0.2) is 24.3 Å². The first-order chi connectivity index (χ1) is 11.7. The minimum absolute atomic E-state index is 0.338. The van der Waals surface area contributed by atoms with Crippen LogP contribution in [-0.2, 0) is 14.3 Å². The molecule has 1 aromatic rings. The van der Waals surface area contributed by atoms with Crippen LogP contribution in [0.2, 0.25) is 0 Å². The summed E-state index contributed by atoms with van der Waals surface area (Å²) in [5.74, 6) is -0.517. The molecule has 1 aliphatic rings. The lowest BCUT2D eigenvalue weighted by Gasteiger charge is -2.22. The maximum absolute atomic E-state index is 12.1. The Morgan fingerprint density at radius 1 is 1.32 bits per heavy atom. The average Bonchev–Trinajstić information content (AvgIpc) is 2.91. The Bertz CT molecular complexity index is 668. The molecule has 0 bridgehead atoms. The molecule has 0 spiro atoms.